The molecule has 15 heavy (non-hydrogen) atoms. The van der Waals surface area contributed by atoms with Gasteiger partial charge in [-0.15, -0.1) is 0 Å². The van der Waals surface area contributed by atoms with Crippen molar-refractivity contribution in [2.75, 3.05) is 0 Å². The van der Waals surface area contributed by atoms with Crippen molar-refractivity contribution in [1.82, 2.24) is 0 Å². The fraction of sp³-hybridized carbons (Fsp3) is 0.250. The van der Waals surface area contributed by atoms with Crippen LogP contribution in [0.2, 0.25) is 0 Å². The number of rotatable bonds is 2. The predicted molar refractivity (Wildman–Crippen MR) is 57.3 cm³/mol. The molecular weight excluding hydrogens is 192 g/mol. The fourth-order valence-corrected chi connectivity index (χ4v) is 1.69. The van der Waals surface area contributed by atoms with E-state index in [9.17, 15) is 4.79 Å². The number of carboxylic acids is 1. The van der Waals surface area contributed by atoms with E-state index in [2.05, 4.69) is 13.8 Å². The third-order valence-corrected chi connectivity index (χ3v) is 2.43. The minimum Gasteiger partial charge on any atom is -0.475 e. The Morgan fingerprint density at radius 2 is 2.13 bits per heavy atom. The van der Waals surface area contributed by atoms with E-state index in [4.69, 9.17) is 9.52 Å². The first kappa shape index (κ1) is 9.77. The summed E-state index contributed by atoms with van der Waals surface area (Å²) in [6, 6.07) is 7.25. The second kappa shape index (κ2) is 3.42. The number of fused-ring (bicyclic) bond motifs is 1. The molecule has 0 aliphatic carbocycles. The van der Waals surface area contributed by atoms with Crippen LogP contribution in [0.3, 0.4) is 0 Å². The molecule has 2 rings (SSSR count). The summed E-state index contributed by atoms with van der Waals surface area (Å²) in [5.74, 6) is -0.674. The highest BCUT2D eigenvalue weighted by atomic mass is 16.4. The summed E-state index contributed by atoms with van der Waals surface area (Å²) in [7, 11) is 0. The molecule has 0 aliphatic rings. The third kappa shape index (κ3) is 1.61. The van der Waals surface area contributed by atoms with Gasteiger partial charge in [0, 0.05) is 5.39 Å². The molecule has 1 N–H and O–H groups in total. The topological polar surface area (TPSA) is 50.4 Å². The van der Waals surface area contributed by atoms with Gasteiger partial charge in [-0.2, -0.15) is 0 Å². The molecule has 2 aromatic rings. The summed E-state index contributed by atoms with van der Waals surface area (Å²) < 4.78 is 5.22. The minimum atomic E-state index is -1.03. The summed E-state index contributed by atoms with van der Waals surface area (Å²) in [4.78, 5) is 10.8. The molecule has 1 aromatic heterocycles. The molecule has 0 atom stereocenters. The van der Waals surface area contributed by atoms with Gasteiger partial charge in [-0.05, 0) is 23.6 Å². The fourth-order valence-electron chi connectivity index (χ4n) is 1.69. The molecule has 3 nitrogen and oxygen atoms in total. The first-order chi connectivity index (χ1) is 7.09. The molecule has 78 valence electrons. The monoisotopic (exact) mass is 204 g/mol. The maximum absolute atomic E-state index is 10.8. The minimum absolute atomic E-state index is 0.00176. The Morgan fingerprint density at radius 1 is 1.40 bits per heavy atom. The van der Waals surface area contributed by atoms with Gasteiger partial charge in [0.15, 0.2) is 0 Å². The zero-order chi connectivity index (χ0) is 11.0. The molecule has 0 saturated carbocycles. The summed E-state index contributed by atoms with van der Waals surface area (Å²) in [5.41, 5.74) is 1.75. The van der Waals surface area contributed by atoms with Gasteiger partial charge in [0.2, 0.25) is 5.76 Å². The number of benzene rings is 1. The van der Waals surface area contributed by atoms with Gasteiger partial charge in [-0.25, -0.2) is 4.79 Å². The smallest absolute Gasteiger partial charge is 0.371 e. The van der Waals surface area contributed by atoms with Crippen LogP contribution in [0.25, 0.3) is 11.0 Å². The molecule has 0 bridgehead atoms. The van der Waals surface area contributed by atoms with Crippen molar-refractivity contribution < 1.29 is 14.3 Å². The summed E-state index contributed by atoms with van der Waals surface area (Å²) >= 11 is 0. The third-order valence-electron chi connectivity index (χ3n) is 2.43. The number of hydrogen-bond acceptors (Lipinski definition) is 2. The van der Waals surface area contributed by atoms with Crippen LogP contribution in [-0.4, -0.2) is 11.1 Å². The van der Waals surface area contributed by atoms with Gasteiger partial charge in [-0.1, -0.05) is 26.0 Å². The van der Waals surface area contributed by atoms with Crippen LogP contribution in [0, 0.1) is 0 Å². The first-order valence-corrected chi connectivity index (χ1v) is 4.85. The van der Waals surface area contributed by atoms with Gasteiger partial charge in [0.25, 0.3) is 0 Å². The largest absolute Gasteiger partial charge is 0.475 e. The molecule has 0 fully saturated rings. The van der Waals surface area contributed by atoms with E-state index >= 15 is 0 Å². The SMILES string of the molecule is CC(C)c1cccc2oc(C(=O)O)cc12. The summed E-state index contributed by atoms with van der Waals surface area (Å²) in [6.07, 6.45) is 0. The predicted octanol–water partition coefficient (Wildman–Crippen LogP) is 3.25. The maximum Gasteiger partial charge on any atom is 0.371 e. The van der Waals surface area contributed by atoms with Crippen molar-refractivity contribution in [3.8, 4) is 0 Å². The maximum atomic E-state index is 10.8. The normalized spacial score (nSPS) is 11.1. The van der Waals surface area contributed by atoms with Crippen LogP contribution in [0.5, 0.6) is 0 Å². The van der Waals surface area contributed by atoms with Crippen LogP contribution in [0.15, 0.2) is 28.7 Å². The van der Waals surface area contributed by atoms with Gasteiger partial charge in [-0.3, -0.25) is 0 Å². The van der Waals surface area contributed by atoms with E-state index in [-0.39, 0.29) is 5.76 Å². The Bertz CT molecular complexity index is 509. The van der Waals surface area contributed by atoms with Gasteiger partial charge >= 0.3 is 5.97 Å². The van der Waals surface area contributed by atoms with Crippen LogP contribution < -0.4 is 0 Å². The Hall–Kier alpha value is -1.77. The molecule has 0 saturated heterocycles. The Labute approximate surface area is 87.3 Å². The van der Waals surface area contributed by atoms with Crippen molar-refractivity contribution in [2.45, 2.75) is 19.8 Å². The van der Waals surface area contributed by atoms with Crippen LogP contribution in [-0.2, 0) is 0 Å². The Morgan fingerprint density at radius 3 is 2.73 bits per heavy atom. The van der Waals surface area contributed by atoms with Gasteiger partial charge < -0.3 is 9.52 Å². The number of furan rings is 1. The lowest BCUT2D eigenvalue weighted by Crippen LogP contribution is -1.91. The van der Waals surface area contributed by atoms with Crippen molar-refractivity contribution in [2.24, 2.45) is 0 Å². The molecular formula is C12H12O3. The highest BCUT2D eigenvalue weighted by molar-refractivity contribution is 5.92. The van der Waals surface area contributed by atoms with E-state index in [0.29, 0.717) is 11.5 Å². The van der Waals surface area contributed by atoms with Crippen molar-refractivity contribution >= 4 is 16.9 Å². The average Bonchev–Trinajstić information content (AvgIpc) is 2.60. The standard InChI is InChI=1S/C12H12O3/c1-7(2)8-4-3-5-10-9(8)6-11(15-10)12(13)14/h3-7H,1-2H3,(H,13,14). The quantitative estimate of drug-likeness (QED) is 0.816. The Kier molecular flexibility index (Phi) is 2.23. The van der Waals surface area contributed by atoms with Crippen LogP contribution in [0.1, 0.15) is 35.9 Å². The second-order valence-electron chi connectivity index (χ2n) is 3.83. The molecule has 0 spiro atoms. The molecule has 3 heteroatoms. The highest BCUT2D eigenvalue weighted by Gasteiger charge is 2.13. The molecule has 0 aliphatic heterocycles. The number of aromatic carboxylic acids is 1. The lowest BCUT2D eigenvalue weighted by molar-refractivity contribution is 0.0665. The summed E-state index contributed by atoms with van der Waals surface area (Å²) in [6.45, 7) is 4.14. The van der Waals surface area contributed by atoms with E-state index < -0.39 is 5.97 Å². The van der Waals surface area contributed by atoms with E-state index in [1.165, 1.54) is 0 Å². The zero-order valence-electron chi connectivity index (χ0n) is 8.65. The number of carbonyl (C=O) groups is 1. The summed E-state index contributed by atoms with van der Waals surface area (Å²) in [5, 5.41) is 9.72. The van der Waals surface area contributed by atoms with Crippen molar-refractivity contribution in [3.63, 3.8) is 0 Å². The van der Waals surface area contributed by atoms with E-state index in [1.807, 2.05) is 12.1 Å². The molecule has 1 heterocycles. The zero-order valence-corrected chi connectivity index (χ0v) is 8.65. The van der Waals surface area contributed by atoms with Crippen LogP contribution >= 0.6 is 0 Å². The number of carboxylic acid groups (broad SMARTS) is 1. The van der Waals surface area contributed by atoms with E-state index in [1.54, 1.807) is 12.1 Å². The lowest BCUT2D eigenvalue weighted by Gasteiger charge is -2.04. The lowest BCUT2D eigenvalue weighted by atomic mass is 9.99. The average molecular weight is 204 g/mol. The Balaban J connectivity index is 2.69. The molecule has 0 amide bonds. The first-order valence-electron chi connectivity index (χ1n) is 4.85. The highest BCUT2D eigenvalue weighted by Crippen LogP contribution is 2.27. The molecule has 1 aromatic carbocycles. The van der Waals surface area contributed by atoms with Gasteiger partial charge in [0.1, 0.15) is 5.58 Å². The molecule has 0 unspecified atom stereocenters. The van der Waals surface area contributed by atoms with Crippen molar-refractivity contribution in [1.29, 1.82) is 0 Å². The van der Waals surface area contributed by atoms with E-state index in [0.717, 1.165) is 10.9 Å². The molecule has 0 radical (unpaired) electrons. The van der Waals surface area contributed by atoms with Crippen molar-refractivity contribution in [3.05, 3.63) is 35.6 Å². The second-order valence-corrected chi connectivity index (χ2v) is 3.83. The number of hydrogen-bond donors (Lipinski definition) is 1. The van der Waals surface area contributed by atoms with Gasteiger partial charge in [0.05, 0.1) is 0 Å². The van der Waals surface area contributed by atoms with Crippen LogP contribution in [0.4, 0.5) is 0 Å².